The standard InChI is InChI=1S/C18H19N3O5S/c1-12-6-4-5-7-14(12)18-20-17(26-21-18)11-19-27(22,23)16-10-13(24-2)8-9-15(16)25-3/h4-10,19H,11H2,1-3H3. The quantitative estimate of drug-likeness (QED) is 0.662. The maximum atomic E-state index is 12.6. The molecule has 0 bridgehead atoms. The van der Waals surface area contributed by atoms with E-state index in [4.69, 9.17) is 14.0 Å². The molecule has 0 radical (unpaired) electrons. The molecule has 8 nitrogen and oxygen atoms in total. The number of aromatic nitrogens is 2. The zero-order valence-electron chi connectivity index (χ0n) is 15.1. The fourth-order valence-corrected chi connectivity index (χ4v) is 3.64. The molecule has 0 fully saturated rings. The van der Waals surface area contributed by atoms with Crippen LogP contribution in [0.15, 0.2) is 51.9 Å². The number of nitrogens with one attached hydrogen (secondary N) is 1. The van der Waals surface area contributed by atoms with E-state index in [-0.39, 0.29) is 23.1 Å². The molecular weight excluding hydrogens is 370 g/mol. The molecule has 1 heterocycles. The highest BCUT2D eigenvalue weighted by Crippen LogP contribution is 2.28. The van der Waals surface area contributed by atoms with Crippen molar-refractivity contribution < 1.29 is 22.4 Å². The Hall–Kier alpha value is -2.91. The number of hydrogen-bond donors (Lipinski definition) is 1. The van der Waals surface area contributed by atoms with Crippen LogP contribution >= 0.6 is 0 Å². The van der Waals surface area contributed by atoms with Crippen molar-refractivity contribution in [3.63, 3.8) is 0 Å². The Bertz CT molecular complexity index is 1050. The van der Waals surface area contributed by atoms with E-state index < -0.39 is 10.0 Å². The van der Waals surface area contributed by atoms with Crippen molar-refractivity contribution in [1.82, 2.24) is 14.9 Å². The van der Waals surface area contributed by atoms with Crippen molar-refractivity contribution in [2.75, 3.05) is 14.2 Å². The van der Waals surface area contributed by atoms with Crippen LogP contribution in [-0.2, 0) is 16.6 Å². The van der Waals surface area contributed by atoms with Crippen molar-refractivity contribution in [2.45, 2.75) is 18.4 Å². The first kappa shape index (κ1) is 18.9. The van der Waals surface area contributed by atoms with Crippen LogP contribution in [0.3, 0.4) is 0 Å². The lowest BCUT2D eigenvalue weighted by atomic mass is 10.1. The van der Waals surface area contributed by atoms with E-state index in [1.807, 2.05) is 31.2 Å². The molecule has 1 N–H and O–H groups in total. The summed E-state index contributed by atoms with van der Waals surface area (Å²) >= 11 is 0. The van der Waals surface area contributed by atoms with Crippen LogP contribution in [-0.4, -0.2) is 32.8 Å². The molecular formula is C18H19N3O5S. The molecule has 0 spiro atoms. The molecule has 3 aromatic rings. The van der Waals surface area contributed by atoms with E-state index in [9.17, 15) is 8.42 Å². The number of benzene rings is 2. The van der Waals surface area contributed by atoms with Gasteiger partial charge in [-0.05, 0) is 24.6 Å². The summed E-state index contributed by atoms with van der Waals surface area (Å²) in [6.45, 7) is 1.78. The van der Waals surface area contributed by atoms with Crippen LogP contribution in [0.1, 0.15) is 11.5 Å². The van der Waals surface area contributed by atoms with Crippen LogP contribution in [0.5, 0.6) is 11.5 Å². The lowest BCUT2D eigenvalue weighted by molar-refractivity contribution is 0.375. The van der Waals surface area contributed by atoms with E-state index in [1.54, 1.807) is 6.07 Å². The van der Waals surface area contributed by atoms with Crippen molar-refractivity contribution in [3.8, 4) is 22.9 Å². The van der Waals surface area contributed by atoms with Crippen molar-refractivity contribution in [3.05, 3.63) is 53.9 Å². The van der Waals surface area contributed by atoms with Crippen molar-refractivity contribution >= 4 is 10.0 Å². The van der Waals surface area contributed by atoms with Gasteiger partial charge in [0.2, 0.25) is 21.7 Å². The number of methoxy groups -OCH3 is 2. The van der Waals surface area contributed by atoms with Gasteiger partial charge >= 0.3 is 0 Å². The Labute approximate surface area is 157 Å². The highest BCUT2D eigenvalue weighted by Gasteiger charge is 2.22. The molecule has 3 rings (SSSR count). The largest absolute Gasteiger partial charge is 0.497 e. The van der Waals surface area contributed by atoms with Gasteiger partial charge < -0.3 is 14.0 Å². The van der Waals surface area contributed by atoms with Crippen molar-refractivity contribution in [2.24, 2.45) is 0 Å². The minimum absolute atomic E-state index is 0.0389. The van der Waals surface area contributed by atoms with E-state index in [0.717, 1.165) is 11.1 Å². The molecule has 1 aromatic heterocycles. The molecule has 27 heavy (non-hydrogen) atoms. The Kier molecular flexibility index (Phi) is 5.43. The average Bonchev–Trinajstić information content (AvgIpc) is 3.15. The van der Waals surface area contributed by atoms with Gasteiger partial charge in [-0.3, -0.25) is 0 Å². The summed E-state index contributed by atoms with van der Waals surface area (Å²) in [5.74, 6) is 1.16. The monoisotopic (exact) mass is 389 g/mol. The van der Waals surface area contributed by atoms with Gasteiger partial charge in [-0.1, -0.05) is 29.4 Å². The Balaban J connectivity index is 1.80. The summed E-state index contributed by atoms with van der Waals surface area (Å²) in [6.07, 6.45) is 0. The first-order valence-electron chi connectivity index (χ1n) is 8.05. The van der Waals surface area contributed by atoms with Crippen LogP contribution in [0.2, 0.25) is 0 Å². The molecule has 0 atom stereocenters. The van der Waals surface area contributed by atoms with Crippen LogP contribution in [0.4, 0.5) is 0 Å². The summed E-state index contributed by atoms with van der Waals surface area (Å²) in [4.78, 5) is 4.21. The minimum Gasteiger partial charge on any atom is -0.497 e. The van der Waals surface area contributed by atoms with Gasteiger partial charge in [0.15, 0.2) is 0 Å². The average molecular weight is 389 g/mol. The predicted octanol–water partition coefficient (Wildman–Crippen LogP) is 2.54. The summed E-state index contributed by atoms with van der Waals surface area (Å²) in [5, 5.41) is 3.92. The van der Waals surface area contributed by atoms with Gasteiger partial charge in [0.25, 0.3) is 0 Å². The molecule has 2 aromatic carbocycles. The second-order valence-electron chi connectivity index (χ2n) is 5.67. The summed E-state index contributed by atoms with van der Waals surface area (Å²) in [7, 11) is -1.03. The number of ether oxygens (including phenoxy) is 2. The third kappa shape index (κ3) is 4.09. The van der Waals surface area contributed by atoms with Gasteiger partial charge in [-0.25, -0.2) is 13.1 Å². The zero-order valence-corrected chi connectivity index (χ0v) is 15.9. The SMILES string of the molecule is COc1ccc(OC)c(S(=O)(=O)NCc2nc(-c3ccccc3C)no2)c1. The van der Waals surface area contributed by atoms with Gasteiger partial charge in [-0.2, -0.15) is 4.98 Å². The second-order valence-corrected chi connectivity index (χ2v) is 7.40. The number of nitrogens with zero attached hydrogens (tertiary/aromatic N) is 2. The van der Waals surface area contributed by atoms with Gasteiger partial charge in [0.1, 0.15) is 16.4 Å². The maximum absolute atomic E-state index is 12.6. The van der Waals surface area contributed by atoms with Crippen LogP contribution in [0, 0.1) is 6.92 Å². The number of rotatable bonds is 7. The summed E-state index contributed by atoms with van der Waals surface area (Å²) < 4.78 is 43.1. The molecule has 0 saturated heterocycles. The molecule has 0 unspecified atom stereocenters. The lowest BCUT2D eigenvalue weighted by Crippen LogP contribution is -2.24. The third-order valence-corrected chi connectivity index (χ3v) is 5.35. The van der Waals surface area contributed by atoms with Gasteiger partial charge in [0.05, 0.1) is 20.8 Å². The third-order valence-electron chi connectivity index (χ3n) is 3.93. The highest BCUT2D eigenvalue weighted by molar-refractivity contribution is 7.89. The highest BCUT2D eigenvalue weighted by atomic mass is 32.2. The first-order chi connectivity index (χ1) is 12.9. The van der Waals surface area contributed by atoms with Crippen LogP contribution in [0.25, 0.3) is 11.4 Å². The lowest BCUT2D eigenvalue weighted by Gasteiger charge is -2.11. The Morgan fingerprint density at radius 1 is 1.11 bits per heavy atom. The summed E-state index contributed by atoms with van der Waals surface area (Å²) in [6, 6.07) is 12.1. The van der Waals surface area contributed by atoms with Crippen molar-refractivity contribution in [1.29, 1.82) is 0 Å². The number of aryl methyl sites for hydroxylation is 1. The topological polar surface area (TPSA) is 104 Å². The molecule has 0 amide bonds. The molecule has 0 aliphatic heterocycles. The smallest absolute Gasteiger partial charge is 0.244 e. The molecule has 0 saturated carbocycles. The molecule has 142 valence electrons. The molecule has 0 aliphatic rings. The van der Waals surface area contributed by atoms with E-state index >= 15 is 0 Å². The minimum atomic E-state index is -3.88. The molecule has 9 heteroatoms. The summed E-state index contributed by atoms with van der Waals surface area (Å²) in [5.41, 5.74) is 1.82. The number of sulfonamides is 1. The van der Waals surface area contributed by atoms with E-state index in [0.29, 0.717) is 11.6 Å². The van der Waals surface area contributed by atoms with Crippen LogP contribution < -0.4 is 14.2 Å². The normalized spacial score (nSPS) is 11.4. The Morgan fingerprint density at radius 3 is 2.59 bits per heavy atom. The second kappa shape index (κ2) is 7.77. The van der Waals surface area contributed by atoms with Gasteiger partial charge in [0, 0.05) is 11.6 Å². The zero-order chi connectivity index (χ0) is 19.4. The van der Waals surface area contributed by atoms with E-state index in [2.05, 4.69) is 14.9 Å². The predicted molar refractivity (Wildman–Crippen MR) is 98.0 cm³/mol. The molecule has 0 aliphatic carbocycles. The fourth-order valence-electron chi connectivity index (χ4n) is 2.49. The Morgan fingerprint density at radius 2 is 1.89 bits per heavy atom. The first-order valence-corrected chi connectivity index (χ1v) is 9.53. The maximum Gasteiger partial charge on any atom is 0.244 e. The number of hydrogen-bond acceptors (Lipinski definition) is 7. The van der Waals surface area contributed by atoms with Gasteiger partial charge in [-0.15, -0.1) is 0 Å². The van der Waals surface area contributed by atoms with E-state index in [1.165, 1.54) is 26.4 Å². The fraction of sp³-hybridized carbons (Fsp3) is 0.222.